The molecule has 1 saturated heterocycles. The second-order valence-electron chi connectivity index (χ2n) is 6.90. The van der Waals surface area contributed by atoms with Gasteiger partial charge >= 0.3 is 5.97 Å². The largest absolute Gasteiger partial charge is 0.458 e. The van der Waals surface area contributed by atoms with Crippen molar-refractivity contribution in [3.8, 4) is 0 Å². The van der Waals surface area contributed by atoms with Gasteiger partial charge in [-0.05, 0) is 46.0 Å². The van der Waals surface area contributed by atoms with E-state index in [9.17, 15) is 9.59 Å². The number of esters is 1. The first-order valence-corrected chi connectivity index (χ1v) is 7.57. The average Bonchev–Trinajstić information content (AvgIpc) is 2.75. The van der Waals surface area contributed by atoms with Crippen molar-refractivity contribution in [2.24, 2.45) is 11.7 Å². The fourth-order valence-electron chi connectivity index (χ4n) is 3.50. The lowest BCUT2D eigenvalue weighted by Gasteiger charge is -2.33. The fraction of sp³-hybridized carbons (Fsp3) is 0.867. The SMILES string of the molecule is CC(C)(C)OC(=O)[C@@H]1C[C@@H]2CCCC[C@@H]2N1C(=O)CN. The fourth-order valence-corrected chi connectivity index (χ4v) is 3.50. The maximum absolute atomic E-state index is 12.4. The number of carbonyl (C=O) groups excluding carboxylic acids is 2. The molecule has 1 aliphatic carbocycles. The summed E-state index contributed by atoms with van der Waals surface area (Å²) in [5.74, 6) is 0.0146. The van der Waals surface area contributed by atoms with Crippen molar-refractivity contribution in [1.82, 2.24) is 4.90 Å². The van der Waals surface area contributed by atoms with Crippen LogP contribution in [-0.2, 0) is 14.3 Å². The van der Waals surface area contributed by atoms with Crippen LogP contribution in [0.1, 0.15) is 52.9 Å². The Bertz CT molecular complexity index is 389. The van der Waals surface area contributed by atoms with Gasteiger partial charge in [0.15, 0.2) is 0 Å². The average molecular weight is 282 g/mol. The van der Waals surface area contributed by atoms with Crippen LogP contribution >= 0.6 is 0 Å². The molecule has 20 heavy (non-hydrogen) atoms. The number of likely N-dealkylation sites (tertiary alicyclic amines) is 1. The predicted molar refractivity (Wildman–Crippen MR) is 75.9 cm³/mol. The summed E-state index contributed by atoms with van der Waals surface area (Å²) >= 11 is 0. The van der Waals surface area contributed by atoms with E-state index in [1.807, 2.05) is 20.8 Å². The van der Waals surface area contributed by atoms with Crippen LogP contribution in [0.25, 0.3) is 0 Å². The van der Waals surface area contributed by atoms with Gasteiger partial charge in [-0.25, -0.2) is 4.79 Å². The van der Waals surface area contributed by atoms with Gasteiger partial charge in [-0.2, -0.15) is 0 Å². The van der Waals surface area contributed by atoms with Crippen molar-refractivity contribution in [2.45, 2.75) is 70.6 Å². The monoisotopic (exact) mass is 282 g/mol. The molecule has 5 heteroatoms. The van der Waals surface area contributed by atoms with Crippen molar-refractivity contribution in [1.29, 1.82) is 0 Å². The molecule has 0 unspecified atom stereocenters. The quantitative estimate of drug-likeness (QED) is 0.778. The first kappa shape index (κ1) is 15.3. The van der Waals surface area contributed by atoms with Crippen LogP contribution in [0.2, 0.25) is 0 Å². The normalized spacial score (nSPS) is 30.0. The number of ether oxygens (including phenoxy) is 1. The number of hydrogen-bond donors (Lipinski definition) is 1. The van der Waals surface area contributed by atoms with E-state index in [4.69, 9.17) is 10.5 Å². The number of fused-ring (bicyclic) bond motifs is 1. The molecule has 3 atom stereocenters. The van der Waals surface area contributed by atoms with Gasteiger partial charge in [-0.3, -0.25) is 4.79 Å². The molecule has 0 aromatic carbocycles. The van der Waals surface area contributed by atoms with Gasteiger partial charge in [0.2, 0.25) is 5.91 Å². The van der Waals surface area contributed by atoms with Gasteiger partial charge in [0.1, 0.15) is 11.6 Å². The molecule has 0 radical (unpaired) electrons. The zero-order valence-electron chi connectivity index (χ0n) is 12.7. The second kappa shape index (κ2) is 5.72. The number of rotatable bonds is 2. The van der Waals surface area contributed by atoms with Gasteiger partial charge in [0, 0.05) is 6.04 Å². The summed E-state index contributed by atoms with van der Waals surface area (Å²) in [6, 6.07) is -0.268. The number of amides is 1. The van der Waals surface area contributed by atoms with Crippen LogP contribution in [-0.4, -0.2) is 41.0 Å². The van der Waals surface area contributed by atoms with Crippen LogP contribution in [0.15, 0.2) is 0 Å². The van der Waals surface area contributed by atoms with Crippen molar-refractivity contribution < 1.29 is 14.3 Å². The standard InChI is InChI=1S/C15H26N2O3/c1-15(2,3)20-14(19)12-8-10-6-4-5-7-11(10)17(12)13(18)9-16/h10-12H,4-9,16H2,1-3H3/t10-,11-,12-/m0/s1. The zero-order valence-corrected chi connectivity index (χ0v) is 12.7. The second-order valence-corrected chi connectivity index (χ2v) is 6.90. The Hall–Kier alpha value is -1.10. The van der Waals surface area contributed by atoms with Crippen LogP contribution in [0.4, 0.5) is 0 Å². The number of nitrogens with two attached hydrogens (primary N) is 1. The Morgan fingerprint density at radius 3 is 2.50 bits per heavy atom. The highest BCUT2D eigenvalue weighted by Gasteiger charge is 2.48. The third-order valence-electron chi connectivity index (χ3n) is 4.23. The summed E-state index contributed by atoms with van der Waals surface area (Å²) in [6.45, 7) is 5.51. The minimum atomic E-state index is -0.526. The van der Waals surface area contributed by atoms with Crippen molar-refractivity contribution in [3.05, 3.63) is 0 Å². The Morgan fingerprint density at radius 1 is 1.25 bits per heavy atom. The molecule has 0 spiro atoms. The van der Waals surface area contributed by atoms with Crippen molar-refractivity contribution in [2.75, 3.05) is 6.54 Å². The summed E-state index contributed by atoms with van der Waals surface area (Å²) < 4.78 is 5.48. The summed E-state index contributed by atoms with van der Waals surface area (Å²) in [6.07, 6.45) is 5.11. The maximum Gasteiger partial charge on any atom is 0.329 e. The summed E-state index contributed by atoms with van der Waals surface area (Å²) in [7, 11) is 0. The van der Waals surface area contributed by atoms with Gasteiger partial charge in [-0.15, -0.1) is 0 Å². The highest BCUT2D eigenvalue weighted by Crippen LogP contribution is 2.40. The van der Waals surface area contributed by atoms with E-state index in [0.717, 1.165) is 25.7 Å². The molecule has 0 bridgehead atoms. The summed E-state index contributed by atoms with van der Waals surface area (Å²) in [5.41, 5.74) is 4.99. The van der Waals surface area contributed by atoms with E-state index in [2.05, 4.69) is 0 Å². The Labute approximate surface area is 120 Å². The smallest absolute Gasteiger partial charge is 0.329 e. The molecule has 1 saturated carbocycles. The van der Waals surface area contributed by atoms with E-state index >= 15 is 0 Å². The first-order valence-electron chi connectivity index (χ1n) is 7.57. The third kappa shape index (κ3) is 3.14. The van der Waals surface area contributed by atoms with Crippen LogP contribution in [0.5, 0.6) is 0 Å². The number of hydrogen-bond acceptors (Lipinski definition) is 4. The first-order chi connectivity index (χ1) is 9.33. The predicted octanol–water partition coefficient (Wildman–Crippen LogP) is 1.45. The molecule has 0 aromatic heterocycles. The molecule has 2 fully saturated rings. The van der Waals surface area contributed by atoms with E-state index in [1.165, 1.54) is 6.42 Å². The van der Waals surface area contributed by atoms with Crippen LogP contribution in [0.3, 0.4) is 0 Å². The Kier molecular flexibility index (Phi) is 4.37. The minimum Gasteiger partial charge on any atom is -0.458 e. The zero-order chi connectivity index (χ0) is 14.9. The highest BCUT2D eigenvalue weighted by molar-refractivity contribution is 5.86. The van der Waals surface area contributed by atoms with Crippen LogP contribution in [0, 0.1) is 5.92 Å². The lowest BCUT2D eigenvalue weighted by atomic mass is 9.85. The highest BCUT2D eigenvalue weighted by atomic mass is 16.6. The Balaban J connectivity index is 2.17. The molecule has 5 nitrogen and oxygen atoms in total. The lowest BCUT2D eigenvalue weighted by molar-refractivity contribution is -0.164. The topological polar surface area (TPSA) is 72.6 Å². The third-order valence-corrected chi connectivity index (χ3v) is 4.23. The molecule has 1 amide bonds. The molecular formula is C15H26N2O3. The molecule has 114 valence electrons. The summed E-state index contributed by atoms with van der Waals surface area (Å²) in [5, 5.41) is 0. The summed E-state index contributed by atoms with van der Waals surface area (Å²) in [4.78, 5) is 26.2. The van der Waals surface area contributed by atoms with E-state index in [1.54, 1.807) is 4.90 Å². The van der Waals surface area contributed by atoms with Crippen LogP contribution < -0.4 is 5.73 Å². The molecule has 1 aliphatic heterocycles. The van der Waals surface area contributed by atoms with E-state index in [0.29, 0.717) is 5.92 Å². The lowest BCUT2D eigenvalue weighted by Crippen LogP contribution is -2.49. The molecule has 2 rings (SSSR count). The van der Waals surface area contributed by atoms with Crippen molar-refractivity contribution >= 4 is 11.9 Å². The van der Waals surface area contributed by atoms with Gasteiger partial charge in [-0.1, -0.05) is 12.8 Å². The van der Waals surface area contributed by atoms with Gasteiger partial charge in [0.05, 0.1) is 6.54 Å². The number of nitrogens with zero attached hydrogens (tertiary/aromatic N) is 1. The molecular weight excluding hydrogens is 256 g/mol. The van der Waals surface area contributed by atoms with Crippen molar-refractivity contribution in [3.63, 3.8) is 0 Å². The van der Waals surface area contributed by atoms with Gasteiger partial charge in [0.25, 0.3) is 0 Å². The minimum absolute atomic E-state index is 0.0392. The maximum atomic E-state index is 12.4. The van der Waals surface area contributed by atoms with E-state index in [-0.39, 0.29) is 24.5 Å². The number of carbonyl (C=O) groups is 2. The molecule has 2 N–H and O–H groups in total. The molecule has 0 aromatic rings. The Morgan fingerprint density at radius 2 is 1.90 bits per heavy atom. The molecule has 1 heterocycles. The van der Waals surface area contributed by atoms with E-state index < -0.39 is 11.6 Å². The molecule has 2 aliphatic rings. The van der Waals surface area contributed by atoms with Gasteiger partial charge < -0.3 is 15.4 Å².